The van der Waals surface area contributed by atoms with Gasteiger partial charge in [-0.2, -0.15) is 8.78 Å². The van der Waals surface area contributed by atoms with Crippen molar-refractivity contribution in [2.45, 2.75) is 33.4 Å². The number of nitrogens with one attached hydrogen (secondary N) is 1. The minimum Gasteiger partial charge on any atom is -0.433 e. The predicted octanol–water partition coefficient (Wildman–Crippen LogP) is 3.11. The Hall–Kier alpha value is -1.36. The van der Waals surface area contributed by atoms with E-state index in [0.29, 0.717) is 6.04 Å². The van der Waals surface area contributed by atoms with Crippen molar-refractivity contribution in [1.82, 2.24) is 5.32 Å². The SMILES string of the molecule is CC(C)(C)C1CN(c2ccccc2OC(F)F)CCN1. The molecule has 0 aromatic heterocycles. The van der Waals surface area contributed by atoms with E-state index < -0.39 is 6.61 Å². The van der Waals surface area contributed by atoms with E-state index in [9.17, 15) is 8.78 Å². The first-order valence-electron chi connectivity index (χ1n) is 6.90. The summed E-state index contributed by atoms with van der Waals surface area (Å²) in [5, 5.41) is 3.49. The van der Waals surface area contributed by atoms with Crippen molar-refractivity contribution in [3.8, 4) is 5.75 Å². The van der Waals surface area contributed by atoms with Crippen LogP contribution in [0.5, 0.6) is 5.75 Å². The second-order valence-corrected chi connectivity index (χ2v) is 6.16. The number of piperazine rings is 1. The Bertz CT molecular complexity index is 446. The summed E-state index contributed by atoms with van der Waals surface area (Å²) in [5.74, 6) is 0.247. The molecule has 2 rings (SSSR count). The van der Waals surface area contributed by atoms with E-state index in [0.717, 1.165) is 25.3 Å². The summed E-state index contributed by atoms with van der Waals surface area (Å²) in [7, 11) is 0. The summed E-state index contributed by atoms with van der Waals surface area (Å²) in [6, 6.07) is 7.31. The molecular weight excluding hydrogens is 262 g/mol. The van der Waals surface area contributed by atoms with Gasteiger partial charge in [-0.25, -0.2) is 0 Å². The van der Waals surface area contributed by atoms with Gasteiger partial charge in [0, 0.05) is 25.7 Å². The first-order chi connectivity index (χ1) is 9.38. The fourth-order valence-electron chi connectivity index (χ4n) is 2.46. The first kappa shape index (κ1) is 15.0. The van der Waals surface area contributed by atoms with Crippen molar-refractivity contribution < 1.29 is 13.5 Å². The maximum atomic E-state index is 12.5. The van der Waals surface area contributed by atoms with Gasteiger partial charge < -0.3 is 15.0 Å². The summed E-state index contributed by atoms with van der Waals surface area (Å²) in [6.45, 7) is 6.15. The van der Waals surface area contributed by atoms with Gasteiger partial charge in [0.25, 0.3) is 0 Å². The van der Waals surface area contributed by atoms with Crippen LogP contribution in [0, 0.1) is 5.41 Å². The van der Waals surface area contributed by atoms with Crippen molar-refractivity contribution in [3.63, 3.8) is 0 Å². The summed E-state index contributed by atoms with van der Waals surface area (Å²) in [5.41, 5.74) is 0.862. The first-order valence-corrected chi connectivity index (χ1v) is 6.90. The number of halogens is 2. The van der Waals surface area contributed by atoms with Gasteiger partial charge in [0.15, 0.2) is 0 Å². The number of nitrogens with zero attached hydrogens (tertiary/aromatic N) is 1. The van der Waals surface area contributed by atoms with Crippen molar-refractivity contribution >= 4 is 5.69 Å². The molecule has 5 heteroatoms. The number of hydrogen-bond acceptors (Lipinski definition) is 3. The number of para-hydroxylation sites is 2. The van der Waals surface area contributed by atoms with Crippen molar-refractivity contribution in [3.05, 3.63) is 24.3 Å². The molecule has 0 bridgehead atoms. The predicted molar refractivity (Wildman–Crippen MR) is 76.5 cm³/mol. The molecule has 0 saturated carbocycles. The van der Waals surface area contributed by atoms with Crippen LogP contribution < -0.4 is 15.0 Å². The Balaban J connectivity index is 2.18. The van der Waals surface area contributed by atoms with Gasteiger partial charge in [-0.1, -0.05) is 32.9 Å². The zero-order valence-electron chi connectivity index (χ0n) is 12.2. The van der Waals surface area contributed by atoms with Gasteiger partial charge in [0.1, 0.15) is 5.75 Å². The molecule has 1 aromatic carbocycles. The van der Waals surface area contributed by atoms with E-state index >= 15 is 0 Å². The number of hydrogen-bond donors (Lipinski definition) is 1. The number of ether oxygens (including phenoxy) is 1. The van der Waals surface area contributed by atoms with Crippen LogP contribution in [-0.2, 0) is 0 Å². The van der Waals surface area contributed by atoms with Gasteiger partial charge in [-0.15, -0.1) is 0 Å². The van der Waals surface area contributed by atoms with E-state index in [2.05, 4.69) is 35.7 Å². The molecule has 1 fully saturated rings. The van der Waals surface area contributed by atoms with Crippen LogP contribution in [0.1, 0.15) is 20.8 Å². The second kappa shape index (κ2) is 5.95. The molecule has 0 radical (unpaired) electrons. The minimum absolute atomic E-state index is 0.122. The lowest BCUT2D eigenvalue weighted by atomic mass is 9.85. The van der Waals surface area contributed by atoms with Crippen LogP contribution in [0.3, 0.4) is 0 Å². The Morgan fingerprint density at radius 2 is 2.00 bits per heavy atom. The highest BCUT2D eigenvalue weighted by atomic mass is 19.3. The molecular formula is C15H22F2N2O. The Labute approximate surface area is 118 Å². The average Bonchev–Trinajstić information content (AvgIpc) is 2.38. The fourth-order valence-corrected chi connectivity index (χ4v) is 2.46. The largest absolute Gasteiger partial charge is 0.433 e. The molecule has 1 aliphatic heterocycles. The molecule has 1 unspecified atom stereocenters. The summed E-state index contributed by atoms with van der Waals surface area (Å²) >= 11 is 0. The topological polar surface area (TPSA) is 24.5 Å². The Kier molecular flexibility index (Phi) is 4.48. The fraction of sp³-hybridized carbons (Fsp3) is 0.600. The number of anilines is 1. The molecule has 0 aliphatic carbocycles. The number of benzene rings is 1. The lowest BCUT2D eigenvalue weighted by Crippen LogP contribution is -2.56. The maximum Gasteiger partial charge on any atom is 0.387 e. The second-order valence-electron chi connectivity index (χ2n) is 6.16. The van der Waals surface area contributed by atoms with Crippen LogP contribution in [0.15, 0.2) is 24.3 Å². The highest BCUT2D eigenvalue weighted by Gasteiger charge is 2.30. The minimum atomic E-state index is -2.79. The summed E-state index contributed by atoms with van der Waals surface area (Å²) in [4.78, 5) is 2.12. The van der Waals surface area contributed by atoms with Crippen molar-refractivity contribution in [1.29, 1.82) is 0 Å². The molecule has 1 N–H and O–H groups in total. The van der Waals surface area contributed by atoms with Crippen LogP contribution in [0.2, 0.25) is 0 Å². The molecule has 112 valence electrons. The molecule has 1 saturated heterocycles. The van der Waals surface area contributed by atoms with Crippen LogP contribution >= 0.6 is 0 Å². The standard InChI is InChI=1S/C15H22F2N2O/c1-15(2,3)13-10-19(9-8-18-13)11-6-4-5-7-12(11)20-14(16)17/h4-7,13-14,18H,8-10H2,1-3H3. The van der Waals surface area contributed by atoms with Crippen LogP contribution in [-0.4, -0.2) is 32.3 Å². The quantitative estimate of drug-likeness (QED) is 0.923. The van der Waals surface area contributed by atoms with E-state index in [1.165, 1.54) is 0 Å². The normalized spacial score (nSPS) is 20.3. The number of rotatable bonds is 3. The maximum absolute atomic E-state index is 12.5. The van der Waals surface area contributed by atoms with E-state index in [-0.39, 0.29) is 11.2 Å². The van der Waals surface area contributed by atoms with Gasteiger partial charge in [0.05, 0.1) is 5.69 Å². The highest BCUT2D eigenvalue weighted by Crippen LogP contribution is 2.32. The van der Waals surface area contributed by atoms with Gasteiger partial charge in [0.2, 0.25) is 0 Å². The van der Waals surface area contributed by atoms with E-state index in [1.54, 1.807) is 12.1 Å². The zero-order chi connectivity index (χ0) is 14.8. The zero-order valence-corrected chi connectivity index (χ0v) is 12.2. The third kappa shape index (κ3) is 3.60. The van der Waals surface area contributed by atoms with E-state index in [1.807, 2.05) is 12.1 Å². The monoisotopic (exact) mass is 284 g/mol. The third-order valence-electron chi connectivity index (χ3n) is 3.64. The smallest absolute Gasteiger partial charge is 0.387 e. The molecule has 3 nitrogen and oxygen atoms in total. The molecule has 1 heterocycles. The lowest BCUT2D eigenvalue weighted by molar-refractivity contribution is -0.0495. The molecule has 1 atom stereocenters. The summed E-state index contributed by atoms with van der Waals surface area (Å²) < 4.78 is 29.6. The van der Waals surface area contributed by atoms with Crippen molar-refractivity contribution in [2.24, 2.45) is 5.41 Å². The lowest BCUT2D eigenvalue weighted by Gasteiger charge is -2.41. The van der Waals surface area contributed by atoms with E-state index in [4.69, 9.17) is 0 Å². The Morgan fingerprint density at radius 1 is 1.30 bits per heavy atom. The van der Waals surface area contributed by atoms with Gasteiger partial charge in [-0.05, 0) is 17.5 Å². The summed E-state index contributed by atoms with van der Waals surface area (Å²) in [6.07, 6.45) is 0. The van der Waals surface area contributed by atoms with Crippen molar-refractivity contribution in [2.75, 3.05) is 24.5 Å². The average molecular weight is 284 g/mol. The number of alkyl halides is 2. The van der Waals surface area contributed by atoms with Gasteiger partial charge in [-0.3, -0.25) is 0 Å². The molecule has 20 heavy (non-hydrogen) atoms. The highest BCUT2D eigenvalue weighted by molar-refractivity contribution is 5.59. The molecule has 1 aromatic rings. The third-order valence-corrected chi connectivity index (χ3v) is 3.64. The molecule has 1 aliphatic rings. The van der Waals surface area contributed by atoms with Crippen LogP contribution in [0.25, 0.3) is 0 Å². The van der Waals surface area contributed by atoms with Gasteiger partial charge >= 0.3 is 6.61 Å². The van der Waals surface area contributed by atoms with Crippen LogP contribution in [0.4, 0.5) is 14.5 Å². The Morgan fingerprint density at radius 3 is 2.65 bits per heavy atom. The molecule has 0 amide bonds. The molecule has 0 spiro atoms.